The molecule has 140 valence electrons. The molecule has 0 bridgehead atoms. The van der Waals surface area contributed by atoms with Crippen molar-refractivity contribution >= 4 is 17.7 Å². The van der Waals surface area contributed by atoms with Crippen LogP contribution in [0.3, 0.4) is 0 Å². The summed E-state index contributed by atoms with van der Waals surface area (Å²) in [5, 5.41) is 12.4. The van der Waals surface area contributed by atoms with Crippen molar-refractivity contribution in [3.05, 3.63) is 24.3 Å². The maximum Gasteiger partial charge on any atom is 0.233 e. The fourth-order valence-electron chi connectivity index (χ4n) is 2.62. The molecule has 1 heterocycles. The molecule has 1 aromatic heterocycles. The van der Waals surface area contributed by atoms with Crippen LogP contribution in [0.5, 0.6) is 5.75 Å². The Hall–Kier alpha value is -2.02. The summed E-state index contributed by atoms with van der Waals surface area (Å²) in [4.78, 5) is 12.3. The fraction of sp³-hybridized carbons (Fsp3) is 0.526. The predicted molar refractivity (Wildman–Crippen MR) is 103 cm³/mol. The Morgan fingerprint density at radius 3 is 2.54 bits per heavy atom. The molecule has 0 spiro atoms. The molecule has 1 aliphatic rings. The Kier molecular flexibility index (Phi) is 5.86. The molecule has 2 aromatic rings. The van der Waals surface area contributed by atoms with E-state index in [1.54, 1.807) is 7.11 Å². The van der Waals surface area contributed by atoms with Crippen molar-refractivity contribution in [1.29, 1.82) is 0 Å². The van der Waals surface area contributed by atoms with Gasteiger partial charge in [0.25, 0.3) is 0 Å². The monoisotopic (exact) mass is 374 g/mol. The van der Waals surface area contributed by atoms with Crippen molar-refractivity contribution in [1.82, 2.24) is 20.1 Å². The molecule has 1 fully saturated rings. The third kappa shape index (κ3) is 4.58. The van der Waals surface area contributed by atoms with Crippen LogP contribution in [0, 0.1) is 5.92 Å². The van der Waals surface area contributed by atoms with Gasteiger partial charge in [-0.2, -0.15) is 0 Å². The standard InChI is InChI=1S/C19H26N4O2S/c1-12(2)11-23-17(14-5-9-16(25-4)10-6-14)21-22-19(23)26-13(3)18(24)20-15-7-8-15/h5-6,9-10,12-13,15H,7-8,11H2,1-4H3,(H,20,24)/t13-/m1/s1. The van der Waals surface area contributed by atoms with Crippen LogP contribution < -0.4 is 10.1 Å². The zero-order valence-corrected chi connectivity index (χ0v) is 16.5. The molecule has 1 saturated carbocycles. The number of amides is 1. The number of benzene rings is 1. The number of nitrogens with one attached hydrogen (secondary N) is 1. The van der Waals surface area contributed by atoms with Gasteiger partial charge in [-0.1, -0.05) is 25.6 Å². The second-order valence-electron chi connectivity index (χ2n) is 7.08. The van der Waals surface area contributed by atoms with Gasteiger partial charge in [-0.15, -0.1) is 10.2 Å². The van der Waals surface area contributed by atoms with Crippen LogP contribution in [-0.2, 0) is 11.3 Å². The van der Waals surface area contributed by atoms with E-state index in [2.05, 4.69) is 33.9 Å². The highest BCUT2D eigenvalue weighted by Gasteiger charge is 2.27. The van der Waals surface area contributed by atoms with Gasteiger partial charge in [0.2, 0.25) is 5.91 Å². The lowest BCUT2D eigenvalue weighted by Gasteiger charge is -2.15. The number of aromatic nitrogens is 3. The van der Waals surface area contributed by atoms with Gasteiger partial charge in [-0.25, -0.2) is 0 Å². The predicted octanol–water partition coefficient (Wildman–Crippen LogP) is 3.37. The quantitative estimate of drug-likeness (QED) is 0.718. The lowest BCUT2D eigenvalue weighted by atomic mass is 10.2. The highest BCUT2D eigenvalue weighted by molar-refractivity contribution is 8.00. The first-order valence-electron chi connectivity index (χ1n) is 9.02. The Balaban J connectivity index is 1.82. The molecule has 7 heteroatoms. The summed E-state index contributed by atoms with van der Waals surface area (Å²) < 4.78 is 7.34. The van der Waals surface area contributed by atoms with Crippen molar-refractivity contribution in [2.45, 2.75) is 56.6 Å². The number of rotatable bonds is 8. The number of ether oxygens (including phenoxy) is 1. The Bertz CT molecular complexity index is 753. The first-order valence-corrected chi connectivity index (χ1v) is 9.90. The number of carbonyl (C=O) groups excluding carboxylic acids is 1. The van der Waals surface area contributed by atoms with Crippen LogP contribution >= 0.6 is 11.8 Å². The minimum Gasteiger partial charge on any atom is -0.497 e. The lowest BCUT2D eigenvalue weighted by molar-refractivity contribution is -0.120. The van der Waals surface area contributed by atoms with Gasteiger partial charge in [0, 0.05) is 18.2 Å². The van der Waals surface area contributed by atoms with Crippen molar-refractivity contribution in [3.8, 4) is 17.1 Å². The average Bonchev–Trinajstić information content (AvgIpc) is 3.36. The molecule has 26 heavy (non-hydrogen) atoms. The molecule has 1 aliphatic carbocycles. The molecule has 1 atom stereocenters. The Morgan fingerprint density at radius 1 is 1.27 bits per heavy atom. The van der Waals surface area contributed by atoms with E-state index in [0.717, 1.165) is 41.7 Å². The summed E-state index contributed by atoms with van der Waals surface area (Å²) in [5.41, 5.74) is 0.987. The summed E-state index contributed by atoms with van der Waals surface area (Å²) in [6.45, 7) is 7.04. The molecular weight excluding hydrogens is 348 g/mol. The lowest BCUT2D eigenvalue weighted by Crippen LogP contribution is -2.32. The van der Waals surface area contributed by atoms with Crippen LogP contribution in [-0.4, -0.2) is 39.1 Å². The maximum atomic E-state index is 12.3. The molecule has 1 N–H and O–H groups in total. The third-order valence-electron chi connectivity index (χ3n) is 4.19. The Labute approximate surface area is 158 Å². The second-order valence-corrected chi connectivity index (χ2v) is 8.39. The van der Waals surface area contributed by atoms with E-state index in [9.17, 15) is 4.79 Å². The largest absolute Gasteiger partial charge is 0.497 e. The average molecular weight is 375 g/mol. The summed E-state index contributed by atoms with van der Waals surface area (Å²) in [6, 6.07) is 8.17. The van der Waals surface area contributed by atoms with Gasteiger partial charge < -0.3 is 14.6 Å². The zero-order chi connectivity index (χ0) is 18.7. The number of nitrogens with zero attached hydrogens (tertiary/aromatic N) is 3. The molecule has 1 aromatic carbocycles. The summed E-state index contributed by atoms with van der Waals surface area (Å²) >= 11 is 1.47. The zero-order valence-electron chi connectivity index (χ0n) is 15.7. The summed E-state index contributed by atoms with van der Waals surface area (Å²) in [7, 11) is 1.65. The molecule has 6 nitrogen and oxygen atoms in total. The molecular formula is C19H26N4O2S. The smallest absolute Gasteiger partial charge is 0.233 e. The molecule has 0 saturated heterocycles. The first-order chi connectivity index (χ1) is 12.5. The number of hydrogen-bond acceptors (Lipinski definition) is 5. The van der Waals surface area contributed by atoms with Crippen LogP contribution in [0.2, 0.25) is 0 Å². The van der Waals surface area contributed by atoms with Crippen molar-refractivity contribution < 1.29 is 9.53 Å². The van der Waals surface area contributed by atoms with E-state index in [0.29, 0.717) is 12.0 Å². The van der Waals surface area contributed by atoms with Crippen LogP contribution in [0.15, 0.2) is 29.4 Å². The van der Waals surface area contributed by atoms with Crippen molar-refractivity contribution in [2.75, 3.05) is 7.11 Å². The minimum absolute atomic E-state index is 0.0718. The SMILES string of the molecule is COc1ccc(-c2nnc(S[C@H](C)C(=O)NC3CC3)n2CC(C)C)cc1. The number of carbonyl (C=O) groups is 1. The fourth-order valence-corrected chi connectivity index (χ4v) is 3.48. The van der Waals surface area contributed by atoms with E-state index in [4.69, 9.17) is 4.74 Å². The highest BCUT2D eigenvalue weighted by Crippen LogP contribution is 2.29. The first kappa shape index (κ1) is 18.8. The van der Waals surface area contributed by atoms with E-state index < -0.39 is 0 Å². The molecule has 0 aliphatic heterocycles. The van der Waals surface area contributed by atoms with E-state index in [-0.39, 0.29) is 11.2 Å². The topological polar surface area (TPSA) is 69.0 Å². The maximum absolute atomic E-state index is 12.3. The summed E-state index contributed by atoms with van der Waals surface area (Å²) in [6.07, 6.45) is 2.18. The Morgan fingerprint density at radius 2 is 1.96 bits per heavy atom. The van der Waals surface area contributed by atoms with E-state index in [1.165, 1.54) is 11.8 Å². The van der Waals surface area contributed by atoms with Gasteiger partial charge in [-0.3, -0.25) is 4.79 Å². The van der Waals surface area contributed by atoms with Crippen molar-refractivity contribution in [3.63, 3.8) is 0 Å². The summed E-state index contributed by atoms with van der Waals surface area (Å²) in [5.74, 6) is 2.14. The van der Waals surface area contributed by atoms with Gasteiger partial charge >= 0.3 is 0 Å². The van der Waals surface area contributed by atoms with Crippen molar-refractivity contribution in [2.24, 2.45) is 5.92 Å². The minimum atomic E-state index is -0.200. The normalized spacial score (nSPS) is 15.1. The van der Waals surface area contributed by atoms with E-state index >= 15 is 0 Å². The van der Waals surface area contributed by atoms with Gasteiger partial charge in [0.15, 0.2) is 11.0 Å². The molecule has 0 radical (unpaired) electrons. The third-order valence-corrected chi connectivity index (χ3v) is 5.27. The van der Waals surface area contributed by atoms with Gasteiger partial charge in [0.1, 0.15) is 5.75 Å². The van der Waals surface area contributed by atoms with Crippen LogP contribution in [0.25, 0.3) is 11.4 Å². The molecule has 0 unspecified atom stereocenters. The van der Waals surface area contributed by atoms with Gasteiger partial charge in [0.05, 0.1) is 12.4 Å². The second kappa shape index (κ2) is 8.12. The number of methoxy groups -OCH3 is 1. The number of thioether (sulfide) groups is 1. The number of hydrogen-bond donors (Lipinski definition) is 1. The highest BCUT2D eigenvalue weighted by atomic mass is 32.2. The van der Waals surface area contributed by atoms with Crippen LogP contribution in [0.4, 0.5) is 0 Å². The van der Waals surface area contributed by atoms with E-state index in [1.807, 2.05) is 31.2 Å². The molecule has 1 amide bonds. The molecule has 3 rings (SSSR count). The van der Waals surface area contributed by atoms with Crippen LogP contribution in [0.1, 0.15) is 33.6 Å². The van der Waals surface area contributed by atoms with Gasteiger partial charge in [-0.05, 0) is 49.9 Å².